The van der Waals surface area contributed by atoms with Crippen LogP contribution in [0.4, 0.5) is 0 Å². The molecule has 1 atom stereocenters. The summed E-state index contributed by atoms with van der Waals surface area (Å²) >= 11 is 5.47. The van der Waals surface area contributed by atoms with Crippen LogP contribution in [-0.2, 0) is 0 Å². The minimum Gasteiger partial charge on any atom is -0.312 e. The molecule has 1 N–H and O–H groups in total. The van der Waals surface area contributed by atoms with Gasteiger partial charge < -0.3 is 5.32 Å². The van der Waals surface area contributed by atoms with Gasteiger partial charge in [-0.25, -0.2) is 0 Å². The van der Waals surface area contributed by atoms with Gasteiger partial charge in [0.15, 0.2) is 0 Å². The molecule has 1 aromatic rings. The van der Waals surface area contributed by atoms with Crippen molar-refractivity contribution in [3.63, 3.8) is 0 Å². The van der Waals surface area contributed by atoms with Gasteiger partial charge >= 0.3 is 0 Å². The summed E-state index contributed by atoms with van der Waals surface area (Å²) < 4.78 is 1.24. The molecule has 0 aliphatic carbocycles. The lowest BCUT2D eigenvalue weighted by Gasteiger charge is -2.15. The minimum atomic E-state index is 0.516. The number of aryl methyl sites for hydroxylation is 1. The first-order valence-corrected chi connectivity index (χ1v) is 7.08. The third kappa shape index (κ3) is 3.89. The van der Waals surface area contributed by atoms with Crippen LogP contribution in [0.3, 0.4) is 0 Å². The Kier molecular flexibility index (Phi) is 5.30. The first-order valence-electron chi connectivity index (χ1n) is 5.47. The molecule has 0 aliphatic heterocycles. The van der Waals surface area contributed by atoms with E-state index >= 15 is 0 Å². The van der Waals surface area contributed by atoms with E-state index in [-0.39, 0.29) is 0 Å². The average Bonchev–Trinajstić information content (AvgIpc) is 2.47. The van der Waals surface area contributed by atoms with Crippen LogP contribution in [-0.4, -0.2) is 7.05 Å². The second kappa shape index (κ2) is 6.02. The Morgan fingerprint density at radius 1 is 1.40 bits per heavy atom. The zero-order valence-electron chi connectivity index (χ0n) is 9.93. The van der Waals surface area contributed by atoms with E-state index in [0.29, 0.717) is 6.04 Å². The van der Waals surface area contributed by atoms with E-state index in [0.717, 1.165) is 5.92 Å². The highest BCUT2D eigenvalue weighted by atomic mass is 79.9. The van der Waals surface area contributed by atoms with Gasteiger partial charge in [-0.15, -0.1) is 11.3 Å². The molecule has 1 heterocycles. The third-order valence-electron chi connectivity index (χ3n) is 2.60. The number of halogens is 1. The van der Waals surface area contributed by atoms with Crippen LogP contribution >= 0.6 is 27.3 Å². The highest BCUT2D eigenvalue weighted by molar-refractivity contribution is 9.10. The molecule has 0 spiro atoms. The largest absolute Gasteiger partial charge is 0.312 e. The summed E-state index contributed by atoms with van der Waals surface area (Å²) in [4.78, 5) is 2.82. The molecule has 1 unspecified atom stereocenters. The smallest absolute Gasteiger partial charge is 0.0412 e. The Bertz CT molecular complexity index is 287. The molecule has 0 fully saturated rings. The van der Waals surface area contributed by atoms with Crippen LogP contribution in [0.5, 0.6) is 0 Å². The number of thiophene rings is 1. The quantitative estimate of drug-likeness (QED) is 0.841. The standard InChI is InChI=1S/C12H20BrNS/c1-8(2)5-6-11(14-4)12-7-10(13)9(3)15-12/h7-8,11,14H,5-6H2,1-4H3. The maximum absolute atomic E-state index is 3.58. The summed E-state index contributed by atoms with van der Waals surface area (Å²) in [5, 5.41) is 3.40. The molecule has 0 saturated heterocycles. The van der Waals surface area contributed by atoms with Gasteiger partial charge in [0, 0.05) is 20.3 Å². The van der Waals surface area contributed by atoms with Gasteiger partial charge in [0.2, 0.25) is 0 Å². The summed E-state index contributed by atoms with van der Waals surface area (Å²) in [7, 11) is 2.05. The molecule has 0 radical (unpaired) electrons. The van der Waals surface area contributed by atoms with Crippen LogP contribution in [0.2, 0.25) is 0 Å². The van der Waals surface area contributed by atoms with Crippen molar-refractivity contribution < 1.29 is 0 Å². The lowest BCUT2D eigenvalue weighted by molar-refractivity contribution is 0.469. The number of hydrogen-bond donors (Lipinski definition) is 1. The van der Waals surface area contributed by atoms with E-state index in [1.807, 2.05) is 18.4 Å². The van der Waals surface area contributed by atoms with Gasteiger partial charge in [0.05, 0.1) is 0 Å². The maximum atomic E-state index is 3.58. The van der Waals surface area contributed by atoms with Gasteiger partial charge in [-0.1, -0.05) is 13.8 Å². The summed E-state index contributed by atoms with van der Waals surface area (Å²) in [5.74, 6) is 0.783. The molecule has 0 aromatic carbocycles. The molecule has 86 valence electrons. The van der Waals surface area contributed by atoms with E-state index in [9.17, 15) is 0 Å². The Morgan fingerprint density at radius 3 is 2.47 bits per heavy atom. The molecular formula is C12H20BrNS. The fourth-order valence-corrected chi connectivity index (χ4v) is 3.29. The van der Waals surface area contributed by atoms with Gasteiger partial charge in [-0.05, 0) is 54.7 Å². The third-order valence-corrected chi connectivity index (χ3v) is 4.85. The van der Waals surface area contributed by atoms with E-state index in [1.54, 1.807) is 0 Å². The highest BCUT2D eigenvalue weighted by Gasteiger charge is 2.13. The van der Waals surface area contributed by atoms with E-state index in [4.69, 9.17) is 0 Å². The van der Waals surface area contributed by atoms with Crippen molar-refractivity contribution in [1.82, 2.24) is 5.32 Å². The normalized spacial score (nSPS) is 13.5. The first-order chi connectivity index (χ1) is 7.04. The zero-order chi connectivity index (χ0) is 11.4. The molecule has 0 amide bonds. The van der Waals surface area contributed by atoms with Crippen molar-refractivity contribution in [2.45, 2.75) is 39.7 Å². The van der Waals surface area contributed by atoms with E-state index < -0.39 is 0 Å². The summed E-state index contributed by atoms with van der Waals surface area (Å²) in [5.41, 5.74) is 0. The van der Waals surface area contributed by atoms with E-state index in [2.05, 4.69) is 48.1 Å². The lowest BCUT2D eigenvalue weighted by atomic mass is 10.0. The zero-order valence-corrected chi connectivity index (χ0v) is 12.3. The Balaban J connectivity index is 2.65. The minimum absolute atomic E-state index is 0.516. The van der Waals surface area contributed by atoms with Gasteiger partial charge in [0.25, 0.3) is 0 Å². The van der Waals surface area contributed by atoms with Gasteiger partial charge in [0.1, 0.15) is 0 Å². The van der Waals surface area contributed by atoms with Crippen LogP contribution < -0.4 is 5.32 Å². The predicted octanol–water partition coefficient (Wildman–Crippen LogP) is 4.52. The van der Waals surface area contributed by atoms with Crippen LogP contribution in [0.1, 0.15) is 42.5 Å². The molecule has 1 nitrogen and oxygen atoms in total. The van der Waals surface area contributed by atoms with Crippen molar-refractivity contribution in [3.05, 3.63) is 20.3 Å². The molecule has 1 aromatic heterocycles. The van der Waals surface area contributed by atoms with Crippen LogP contribution in [0, 0.1) is 12.8 Å². The number of rotatable bonds is 5. The molecular weight excluding hydrogens is 270 g/mol. The van der Waals surface area contributed by atoms with Gasteiger partial charge in [-0.3, -0.25) is 0 Å². The second-order valence-corrected chi connectivity index (χ2v) is 6.51. The average molecular weight is 290 g/mol. The first kappa shape index (κ1) is 13.2. The van der Waals surface area contributed by atoms with E-state index in [1.165, 1.54) is 27.1 Å². The van der Waals surface area contributed by atoms with Crippen molar-refractivity contribution in [2.75, 3.05) is 7.05 Å². The summed E-state index contributed by atoms with van der Waals surface area (Å²) in [6.07, 6.45) is 2.50. The van der Waals surface area contributed by atoms with Crippen molar-refractivity contribution in [3.8, 4) is 0 Å². The number of hydrogen-bond acceptors (Lipinski definition) is 2. The Morgan fingerprint density at radius 2 is 2.07 bits per heavy atom. The molecule has 15 heavy (non-hydrogen) atoms. The fraction of sp³-hybridized carbons (Fsp3) is 0.667. The Labute approximate surface area is 105 Å². The van der Waals surface area contributed by atoms with Crippen molar-refractivity contribution >= 4 is 27.3 Å². The monoisotopic (exact) mass is 289 g/mol. The molecule has 0 saturated carbocycles. The predicted molar refractivity (Wildman–Crippen MR) is 72.6 cm³/mol. The van der Waals surface area contributed by atoms with Crippen LogP contribution in [0.15, 0.2) is 10.5 Å². The van der Waals surface area contributed by atoms with Crippen molar-refractivity contribution in [2.24, 2.45) is 5.92 Å². The van der Waals surface area contributed by atoms with Crippen molar-refractivity contribution in [1.29, 1.82) is 0 Å². The molecule has 0 aliphatic rings. The Hall–Kier alpha value is 0.140. The van der Waals surface area contributed by atoms with Gasteiger partial charge in [-0.2, -0.15) is 0 Å². The summed E-state index contributed by atoms with van der Waals surface area (Å²) in [6.45, 7) is 6.72. The molecule has 3 heteroatoms. The van der Waals surface area contributed by atoms with Crippen LogP contribution in [0.25, 0.3) is 0 Å². The molecule has 0 bridgehead atoms. The molecule has 1 rings (SSSR count). The fourth-order valence-electron chi connectivity index (χ4n) is 1.58. The lowest BCUT2D eigenvalue weighted by Crippen LogP contribution is -2.15. The second-order valence-electron chi connectivity index (χ2n) is 4.37. The summed E-state index contributed by atoms with van der Waals surface area (Å²) in [6, 6.07) is 2.77. The maximum Gasteiger partial charge on any atom is 0.0412 e. The number of nitrogens with one attached hydrogen (secondary N) is 1. The highest BCUT2D eigenvalue weighted by Crippen LogP contribution is 2.32. The topological polar surface area (TPSA) is 12.0 Å². The SMILES string of the molecule is CNC(CCC(C)C)c1cc(Br)c(C)s1.